The lowest BCUT2D eigenvalue weighted by atomic mass is 10.2. The summed E-state index contributed by atoms with van der Waals surface area (Å²) in [5, 5.41) is 3.56. The van der Waals surface area contributed by atoms with E-state index in [1.54, 1.807) is 36.5 Å². The molecule has 0 aliphatic heterocycles. The third-order valence-corrected chi connectivity index (χ3v) is 6.96. The lowest BCUT2D eigenvalue weighted by molar-refractivity contribution is -0.119. The molecule has 2 N–H and O–H groups in total. The van der Waals surface area contributed by atoms with Crippen LogP contribution >= 0.6 is 23.1 Å². The number of thiophene rings is 1. The maximum Gasteiger partial charge on any atom is 0.259 e. The number of benzene rings is 1. The van der Waals surface area contributed by atoms with Crippen LogP contribution in [0.4, 0.5) is 4.39 Å². The van der Waals surface area contributed by atoms with Crippen LogP contribution in [-0.4, -0.2) is 34.3 Å². The number of rotatable bonds is 8. The number of halogens is 1. The Morgan fingerprint density at radius 2 is 2.23 bits per heavy atom. The molecule has 0 radical (unpaired) electrons. The fourth-order valence-electron chi connectivity index (χ4n) is 3.49. The highest BCUT2D eigenvalue weighted by atomic mass is 32.2. The number of ether oxygens (including phenoxy) is 1. The minimum atomic E-state index is -0.430. The van der Waals surface area contributed by atoms with E-state index in [9.17, 15) is 14.0 Å². The molecule has 0 saturated heterocycles. The summed E-state index contributed by atoms with van der Waals surface area (Å²) in [6.07, 6.45) is 3.08. The summed E-state index contributed by atoms with van der Waals surface area (Å²) in [6, 6.07) is 5.90. The van der Waals surface area contributed by atoms with Gasteiger partial charge in [0, 0.05) is 4.88 Å². The van der Waals surface area contributed by atoms with Gasteiger partial charge in [-0.15, -0.1) is 23.1 Å². The molecule has 6 nitrogen and oxygen atoms in total. The minimum absolute atomic E-state index is 0.0848. The van der Waals surface area contributed by atoms with E-state index in [-0.39, 0.29) is 35.6 Å². The normalized spacial score (nSPS) is 13.9. The predicted molar refractivity (Wildman–Crippen MR) is 118 cm³/mol. The number of para-hydroxylation sites is 1. The molecule has 30 heavy (non-hydrogen) atoms. The van der Waals surface area contributed by atoms with Crippen molar-refractivity contribution >= 4 is 39.2 Å². The number of hydrogen-bond acceptors (Lipinski definition) is 6. The van der Waals surface area contributed by atoms with Gasteiger partial charge in [-0.05, 0) is 43.9 Å². The van der Waals surface area contributed by atoms with Gasteiger partial charge in [-0.2, -0.15) is 0 Å². The highest BCUT2D eigenvalue weighted by Crippen LogP contribution is 2.34. The smallest absolute Gasteiger partial charge is 0.259 e. The number of carbonyl (C=O) groups excluding carboxylic acids is 1. The van der Waals surface area contributed by atoms with Gasteiger partial charge in [0.25, 0.3) is 5.56 Å². The monoisotopic (exact) mass is 447 g/mol. The van der Waals surface area contributed by atoms with Crippen LogP contribution in [0.1, 0.15) is 29.6 Å². The zero-order valence-electron chi connectivity index (χ0n) is 16.5. The number of aromatic amines is 1. The van der Waals surface area contributed by atoms with Gasteiger partial charge in [-0.1, -0.05) is 12.1 Å². The number of amides is 1. The van der Waals surface area contributed by atoms with E-state index < -0.39 is 5.82 Å². The Labute approximate surface area is 181 Å². The molecule has 2 aromatic heterocycles. The minimum Gasteiger partial charge on any atom is -0.488 e. The Bertz CT molecular complexity index is 1130. The molecule has 0 saturated carbocycles. The Hall–Kier alpha value is -2.39. The zero-order chi connectivity index (χ0) is 21.1. The van der Waals surface area contributed by atoms with Crippen LogP contribution < -0.4 is 15.6 Å². The predicted octanol–water partition coefficient (Wildman–Crippen LogP) is 3.43. The van der Waals surface area contributed by atoms with Gasteiger partial charge in [0.1, 0.15) is 17.3 Å². The summed E-state index contributed by atoms with van der Waals surface area (Å²) in [6.45, 7) is 1.97. The molecule has 0 bridgehead atoms. The Balaban J connectivity index is 1.25. The molecule has 0 spiro atoms. The maximum atomic E-state index is 13.6. The molecule has 1 amide bonds. The van der Waals surface area contributed by atoms with Crippen molar-refractivity contribution < 1.29 is 13.9 Å². The third kappa shape index (κ3) is 4.67. The second-order valence-corrected chi connectivity index (χ2v) is 9.32. The summed E-state index contributed by atoms with van der Waals surface area (Å²) >= 11 is 2.99. The summed E-state index contributed by atoms with van der Waals surface area (Å²) < 4.78 is 19.0. The number of thioether (sulfide) groups is 1. The first-order valence-electron chi connectivity index (χ1n) is 9.79. The van der Waals surface area contributed by atoms with Crippen LogP contribution in [0.15, 0.2) is 29.1 Å². The first kappa shape index (κ1) is 20.9. The second-order valence-electron chi connectivity index (χ2n) is 7.25. The number of carbonyl (C=O) groups is 1. The quantitative estimate of drug-likeness (QED) is 0.553. The van der Waals surface area contributed by atoms with E-state index in [1.165, 1.54) is 22.7 Å². The van der Waals surface area contributed by atoms with Gasteiger partial charge >= 0.3 is 0 Å². The van der Waals surface area contributed by atoms with Crippen molar-refractivity contribution in [1.29, 1.82) is 0 Å². The van der Waals surface area contributed by atoms with Gasteiger partial charge in [-0.25, -0.2) is 9.37 Å². The van der Waals surface area contributed by atoms with Crippen LogP contribution in [0, 0.1) is 5.82 Å². The Morgan fingerprint density at radius 3 is 3.07 bits per heavy atom. The Morgan fingerprint density at radius 1 is 1.40 bits per heavy atom. The summed E-state index contributed by atoms with van der Waals surface area (Å²) in [7, 11) is 0. The number of H-pyrrole nitrogens is 1. The molecule has 9 heteroatoms. The third-order valence-electron chi connectivity index (χ3n) is 4.83. The van der Waals surface area contributed by atoms with Crippen LogP contribution in [-0.2, 0) is 23.4 Å². The van der Waals surface area contributed by atoms with E-state index >= 15 is 0 Å². The molecule has 1 aromatic carbocycles. The van der Waals surface area contributed by atoms with Crippen molar-refractivity contribution in [3.05, 3.63) is 56.7 Å². The van der Waals surface area contributed by atoms with Gasteiger partial charge in [0.2, 0.25) is 5.91 Å². The maximum absolute atomic E-state index is 13.6. The molecule has 1 aliphatic rings. The summed E-state index contributed by atoms with van der Waals surface area (Å²) in [4.78, 5) is 34.1. The van der Waals surface area contributed by atoms with Crippen molar-refractivity contribution in [3.63, 3.8) is 0 Å². The zero-order valence-corrected chi connectivity index (χ0v) is 18.1. The standard InChI is InChI=1S/C21H22FN3O3S2/c1-12(9-28-15-7-3-2-6-14(15)22)23-18(26)11-29-10-17-24-20(27)19-13-5-4-8-16(13)30-21(19)25-17/h2-3,6-7,12H,4-5,8-11H2,1H3,(H,23,26)(H,24,25,27). The molecule has 3 aromatic rings. The van der Waals surface area contributed by atoms with E-state index in [1.807, 2.05) is 0 Å². The molecular formula is C21H22FN3O3S2. The van der Waals surface area contributed by atoms with Crippen LogP contribution in [0.5, 0.6) is 5.75 Å². The van der Waals surface area contributed by atoms with Crippen molar-refractivity contribution in [1.82, 2.24) is 15.3 Å². The number of nitrogens with zero attached hydrogens (tertiary/aromatic N) is 1. The van der Waals surface area contributed by atoms with Crippen molar-refractivity contribution in [2.24, 2.45) is 0 Å². The molecule has 2 heterocycles. The molecule has 1 aliphatic carbocycles. The van der Waals surface area contributed by atoms with E-state index in [2.05, 4.69) is 15.3 Å². The number of aryl methyl sites for hydroxylation is 2. The summed E-state index contributed by atoms with van der Waals surface area (Å²) in [5.74, 6) is 0.844. The largest absolute Gasteiger partial charge is 0.488 e. The highest BCUT2D eigenvalue weighted by Gasteiger charge is 2.21. The van der Waals surface area contributed by atoms with E-state index in [0.29, 0.717) is 11.6 Å². The molecule has 4 rings (SSSR count). The molecule has 1 unspecified atom stereocenters. The van der Waals surface area contributed by atoms with E-state index in [4.69, 9.17) is 4.74 Å². The van der Waals surface area contributed by atoms with Crippen LogP contribution in [0.2, 0.25) is 0 Å². The van der Waals surface area contributed by atoms with Crippen LogP contribution in [0.3, 0.4) is 0 Å². The van der Waals surface area contributed by atoms with Crippen molar-refractivity contribution in [3.8, 4) is 5.75 Å². The average Bonchev–Trinajstić information content (AvgIpc) is 3.28. The molecular weight excluding hydrogens is 425 g/mol. The first-order chi connectivity index (χ1) is 14.5. The van der Waals surface area contributed by atoms with Gasteiger partial charge in [0.15, 0.2) is 11.6 Å². The topological polar surface area (TPSA) is 84.1 Å². The Kier molecular flexibility index (Phi) is 6.38. The van der Waals surface area contributed by atoms with Crippen molar-refractivity contribution in [2.45, 2.75) is 38.0 Å². The van der Waals surface area contributed by atoms with E-state index in [0.717, 1.165) is 35.0 Å². The lowest BCUT2D eigenvalue weighted by Gasteiger charge is -2.15. The lowest BCUT2D eigenvalue weighted by Crippen LogP contribution is -2.37. The summed E-state index contributed by atoms with van der Waals surface area (Å²) in [5.41, 5.74) is 1.08. The first-order valence-corrected chi connectivity index (χ1v) is 11.8. The van der Waals surface area contributed by atoms with Gasteiger partial charge in [-0.3, -0.25) is 9.59 Å². The number of fused-ring (bicyclic) bond motifs is 3. The fraction of sp³-hybridized carbons (Fsp3) is 0.381. The second kappa shape index (κ2) is 9.18. The fourth-order valence-corrected chi connectivity index (χ4v) is 5.47. The number of nitrogens with one attached hydrogen (secondary N) is 2. The SMILES string of the molecule is CC(COc1ccccc1F)NC(=O)CSCc1nc2sc3c(c2c(=O)[nH]1)CCC3. The average molecular weight is 448 g/mol. The van der Waals surface area contributed by atoms with Crippen molar-refractivity contribution in [2.75, 3.05) is 12.4 Å². The van der Waals surface area contributed by atoms with Gasteiger partial charge in [0.05, 0.1) is 22.9 Å². The molecule has 0 fully saturated rings. The number of aromatic nitrogens is 2. The number of hydrogen-bond donors (Lipinski definition) is 2. The van der Waals surface area contributed by atoms with Crippen LogP contribution in [0.25, 0.3) is 10.2 Å². The molecule has 1 atom stereocenters. The highest BCUT2D eigenvalue weighted by molar-refractivity contribution is 7.99. The molecule has 158 valence electrons. The van der Waals surface area contributed by atoms with Gasteiger partial charge < -0.3 is 15.0 Å².